The summed E-state index contributed by atoms with van der Waals surface area (Å²) in [5, 5.41) is 0. The molecular formula is C23H30N6. The summed E-state index contributed by atoms with van der Waals surface area (Å²) in [5.41, 5.74) is 10.9. The molecule has 1 aliphatic heterocycles. The second kappa shape index (κ2) is 7.76. The van der Waals surface area contributed by atoms with E-state index < -0.39 is 0 Å². The minimum atomic E-state index is 0.337. The summed E-state index contributed by atoms with van der Waals surface area (Å²) in [6, 6.07) is 11.4. The molecule has 0 aromatic carbocycles. The summed E-state index contributed by atoms with van der Waals surface area (Å²) in [6.45, 7) is 2.85. The summed E-state index contributed by atoms with van der Waals surface area (Å²) in [4.78, 5) is 14.5. The van der Waals surface area contributed by atoms with Crippen LogP contribution in [0.1, 0.15) is 48.7 Å². The number of aryl methyl sites for hydroxylation is 1. The van der Waals surface area contributed by atoms with Crippen molar-refractivity contribution >= 4 is 11.5 Å². The minimum Gasteiger partial charge on any atom is -0.358 e. The molecule has 3 aromatic rings. The summed E-state index contributed by atoms with van der Waals surface area (Å²) < 4.78 is 2.24. The van der Waals surface area contributed by atoms with E-state index in [0.717, 1.165) is 56.7 Å². The molecule has 0 amide bonds. The Bertz CT molecular complexity index is 988. The van der Waals surface area contributed by atoms with Crippen molar-refractivity contribution in [2.45, 2.75) is 50.7 Å². The number of aromatic nitrogens is 3. The summed E-state index contributed by atoms with van der Waals surface area (Å²) >= 11 is 0. The summed E-state index contributed by atoms with van der Waals surface area (Å²) in [7, 11) is 2.20. The Balaban J connectivity index is 1.38. The molecule has 4 heterocycles. The first-order valence-electron chi connectivity index (χ1n) is 10.8. The van der Waals surface area contributed by atoms with Crippen molar-refractivity contribution in [3.63, 3.8) is 0 Å². The lowest BCUT2D eigenvalue weighted by molar-refractivity contribution is 0.206. The van der Waals surface area contributed by atoms with Crippen LogP contribution in [0.25, 0.3) is 5.65 Å². The van der Waals surface area contributed by atoms with Gasteiger partial charge in [-0.3, -0.25) is 14.3 Å². The molecule has 1 fully saturated rings. The molecule has 0 radical (unpaired) electrons. The number of nitrogens with two attached hydrogens (primary N) is 1. The number of imidazole rings is 1. The highest BCUT2D eigenvalue weighted by atomic mass is 15.2. The second-order valence-electron chi connectivity index (χ2n) is 8.54. The first-order chi connectivity index (χ1) is 14.2. The lowest BCUT2D eigenvalue weighted by Crippen LogP contribution is -2.40. The molecule has 1 atom stereocenters. The van der Waals surface area contributed by atoms with Crippen LogP contribution in [-0.2, 0) is 13.0 Å². The Morgan fingerprint density at radius 1 is 1.14 bits per heavy atom. The average molecular weight is 391 g/mol. The minimum absolute atomic E-state index is 0.337. The molecule has 152 valence electrons. The van der Waals surface area contributed by atoms with Crippen LogP contribution < -0.4 is 10.6 Å². The van der Waals surface area contributed by atoms with Crippen molar-refractivity contribution in [3.8, 4) is 0 Å². The largest absolute Gasteiger partial charge is 0.358 e. The molecule has 3 aromatic heterocycles. The van der Waals surface area contributed by atoms with Crippen LogP contribution in [0.5, 0.6) is 0 Å². The number of hydrogen-bond donors (Lipinski definition) is 1. The van der Waals surface area contributed by atoms with Crippen LogP contribution in [0, 0.1) is 0 Å². The van der Waals surface area contributed by atoms with Gasteiger partial charge in [-0.15, -0.1) is 0 Å². The zero-order valence-electron chi connectivity index (χ0n) is 17.2. The molecule has 1 unspecified atom stereocenters. The van der Waals surface area contributed by atoms with Gasteiger partial charge in [-0.05, 0) is 62.9 Å². The van der Waals surface area contributed by atoms with Crippen LogP contribution in [0.2, 0.25) is 0 Å². The Morgan fingerprint density at radius 3 is 2.86 bits per heavy atom. The molecule has 1 aliphatic carbocycles. The predicted octanol–water partition coefficient (Wildman–Crippen LogP) is 3.17. The van der Waals surface area contributed by atoms with Gasteiger partial charge in [0.2, 0.25) is 0 Å². The van der Waals surface area contributed by atoms with Crippen molar-refractivity contribution in [1.29, 1.82) is 0 Å². The van der Waals surface area contributed by atoms with E-state index in [9.17, 15) is 0 Å². The van der Waals surface area contributed by atoms with Crippen LogP contribution in [-0.4, -0.2) is 45.4 Å². The van der Waals surface area contributed by atoms with Crippen molar-refractivity contribution in [3.05, 3.63) is 59.7 Å². The van der Waals surface area contributed by atoms with Crippen LogP contribution in [0.3, 0.4) is 0 Å². The molecule has 0 bridgehead atoms. The van der Waals surface area contributed by atoms with E-state index in [1.54, 1.807) is 0 Å². The quantitative estimate of drug-likeness (QED) is 0.741. The molecule has 6 nitrogen and oxygen atoms in total. The fraction of sp³-hybridized carbons (Fsp3) is 0.478. The molecule has 2 aliphatic rings. The Kier molecular flexibility index (Phi) is 4.97. The van der Waals surface area contributed by atoms with E-state index >= 15 is 0 Å². The van der Waals surface area contributed by atoms with Gasteiger partial charge in [-0.25, -0.2) is 4.98 Å². The third kappa shape index (κ3) is 3.63. The summed E-state index contributed by atoms with van der Waals surface area (Å²) in [5.74, 6) is 1.22. The topological polar surface area (TPSA) is 62.7 Å². The van der Waals surface area contributed by atoms with Crippen LogP contribution in [0.4, 0.5) is 5.82 Å². The third-order valence-corrected chi connectivity index (χ3v) is 6.49. The van der Waals surface area contributed by atoms with Gasteiger partial charge in [-0.1, -0.05) is 12.1 Å². The SMILES string of the molecule is CN(Cc1cn2c(N3CCC(N)CC3)cccc2n1)C1CCCc2cccnc21. The molecule has 0 spiro atoms. The van der Waals surface area contributed by atoms with Crippen molar-refractivity contribution in [2.75, 3.05) is 25.0 Å². The smallest absolute Gasteiger partial charge is 0.138 e. The number of piperidine rings is 1. The van der Waals surface area contributed by atoms with Gasteiger partial charge in [0, 0.05) is 38.1 Å². The molecular weight excluding hydrogens is 360 g/mol. The van der Waals surface area contributed by atoms with E-state index in [1.807, 2.05) is 6.20 Å². The number of anilines is 1. The Labute approximate surface area is 172 Å². The maximum Gasteiger partial charge on any atom is 0.138 e. The Hall–Kier alpha value is -2.44. The zero-order valence-corrected chi connectivity index (χ0v) is 17.2. The van der Waals surface area contributed by atoms with Gasteiger partial charge in [0.1, 0.15) is 11.5 Å². The summed E-state index contributed by atoms with van der Waals surface area (Å²) in [6.07, 6.45) is 9.76. The van der Waals surface area contributed by atoms with Gasteiger partial charge in [-0.2, -0.15) is 0 Å². The van der Waals surface area contributed by atoms with E-state index in [1.165, 1.54) is 23.5 Å². The predicted molar refractivity (Wildman–Crippen MR) is 116 cm³/mol. The highest BCUT2D eigenvalue weighted by Gasteiger charge is 2.25. The molecule has 2 N–H and O–H groups in total. The standard InChI is InChI=1S/C23H30N6/c1-27(20-7-2-5-17-6-4-12-25-23(17)20)15-19-16-29-21(26-19)8-3-9-22(29)28-13-10-18(24)11-14-28/h3-4,6,8-9,12,16,18,20H,2,5,7,10-11,13-15,24H2,1H3. The van der Waals surface area contributed by atoms with E-state index in [4.69, 9.17) is 15.7 Å². The first-order valence-corrected chi connectivity index (χ1v) is 10.8. The number of hydrogen-bond acceptors (Lipinski definition) is 5. The number of nitrogens with zero attached hydrogens (tertiary/aromatic N) is 5. The normalized spacial score (nSPS) is 20.4. The average Bonchev–Trinajstić information content (AvgIpc) is 3.16. The molecule has 1 saturated heterocycles. The fourth-order valence-electron chi connectivity index (χ4n) is 4.89. The molecule has 5 rings (SSSR count). The molecule has 29 heavy (non-hydrogen) atoms. The maximum absolute atomic E-state index is 6.09. The van der Waals surface area contributed by atoms with Crippen LogP contribution in [0.15, 0.2) is 42.7 Å². The van der Waals surface area contributed by atoms with Gasteiger partial charge in [0.15, 0.2) is 0 Å². The first kappa shape index (κ1) is 18.6. The maximum atomic E-state index is 6.09. The van der Waals surface area contributed by atoms with Gasteiger partial charge < -0.3 is 10.6 Å². The van der Waals surface area contributed by atoms with Crippen molar-refractivity contribution < 1.29 is 0 Å². The second-order valence-corrected chi connectivity index (χ2v) is 8.54. The molecule has 6 heteroatoms. The number of pyridine rings is 2. The van der Waals surface area contributed by atoms with E-state index in [0.29, 0.717) is 12.1 Å². The number of rotatable bonds is 4. The van der Waals surface area contributed by atoms with Gasteiger partial charge in [0.25, 0.3) is 0 Å². The third-order valence-electron chi connectivity index (χ3n) is 6.49. The Morgan fingerprint density at radius 2 is 2.00 bits per heavy atom. The lowest BCUT2D eigenvalue weighted by Gasteiger charge is -2.32. The van der Waals surface area contributed by atoms with E-state index in [2.05, 4.69) is 57.8 Å². The number of fused-ring (bicyclic) bond motifs is 2. The fourth-order valence-corrected chi connectivity index (χ4v) is 4.89. The molecule has 0 saturated carbocycles. The highest BCUT2D eigenvalue weighted by molar-refractivity contribution is 5.52. The lowest BCUT2D eigenvalue weighted by atomic mass is 9.91. The highest BCUT2D eigenvalue weighted by Crippen LogP contribution is 2.32. The monoisotopic (exact) mass is 390 g/mol. The van der Waals surface area contributed by atoms with Gasteiger partial charge in [0.05, 0.1) is 17.4 Å². The zero-order chi connectivity index (χ0) is 19.8. The van der Waals surface area contributed by atoms with Crippen molar-refractivity contribution in [2.24, 2.45) is 5.73 Å². The van der Waals surface area contributed by atoms with Crippen molar-refractivity contribution in [1.82, 2.24) is 19.3 Å². The van der Waals surface area contributed by atoms with E-state index in [-0.39, 0.29) is 0 Å². The van der Waals surface area contributed by atoms with Gasteiger partial charge >= 0.3 is 0 Å². The van der Waals surface area contributed by atoms with Crippen LogP contribution >= 0.6 is 0 Å².